The van der Waals surface area contributed by atoms with Crippen LogP contribution in [0.25, 0.3) is 11.2 Å². The van der Waals surface area contributed by atoms with E-state index in [1.807, 2.05) is 6.92 Å². The van der Waals surface area contributed by atoms with Crippen LogP contribution in [0.1, 0.15) is 6.92 Å². The van der Waals surface area contributed by atoms with Crippen LogP contribution in [0, 0.1) is 0 Å². The van der Waals surface area contributed by atoms with Crippen LogP contribution >= 0.6 is 7.60 Å². The van der Waals surface area contributed by atoms with Crippen molar-refractivity contribution < 1.29 is 37.3 Å². The molecule has 2 aromatic heterocycles. The Balaban J connectivity index is 1.24. The van der Waals surface area contributed by atoms with Crippen molar-refractivity contribution in [3.8, 4) is 34.5 Å². The Morgan fingerprint density at radius 2 is 1.62 bits per heavy atom. The summed E-state index contributed by atoms with van der Waals surface area (Å²) in [6.45, 7) is 2.22. The average Bonchev–Trinajstić information content (AvgIpc) is 3.64. The molecule has 0 bridgehead atoms. The highest BCUT2D eigenvalue weighted by molar-refractivity contribution is 7.54. The summed E-state index contributed by atoms with van der Waals surface area (Å²) in [7, 11) is -3.99. The van der Waals surface area contributed by atoms with Crippen LogP contribution in [0.4, 0.5) is 5.82 Å². The predicted octanol–water partition coefficient (Wildman–Crippen LogP) is 3.58. The molecular weight excluding hydrogens is 505 g/mol. The second-order valence-electron chi connectivity index (χ2n) is 8.21. The normalized spacial score (nSPS) is 14.6. The molecule has 4 heterocycles. The standard InChI is InChI=1S/C23H22N5O8P/c1-14(8-28-10-27-19-22(24)25-9-26-23(19)28)34-13-37(29,35-17-6-2-4-15-20(17)32-11-30-15)36-18-7-3-5-16-21(18)33-12-31-16/h2-7,9-10,14H,8,11-13H2,1H3,(H2,24,25,26). The molecule has 0 saturated carbocycles. The highest BCUT2D eigenvalue weighted by atomic mass is 31.2. The monoisotopic (exact) mass is 527 g/mol. The fraction of sp³-hybridized carbons (Fsp3) is 0.261. The third-order valence-corrected chi connectivity index (χ3v) is 7.01. The van der Waals surface area contributed by atoms with E-state index in [-0.39, 0.29) is 37.3 Å². The number of ether oxygens (including phenoxy) is 5. The molecule has 13 nitrogen and oxygen atoms in total. The number of hydrogen-bond donors (Lipinski definition) is 1. The Morgan fingerprint density at radius 1 is 0.973 bits per heavy atom. The first kappa shape index (κ1) is 23.2. The fourth-order valence-electron chi connectivity index (χ4n) is 3.90. The summed E-state index contributed by atoms with van der Waals surface area (Å²) in [4.78, 5) is 12.4. The Kier molecular flexibility index (Phi) is 5.85. The molecule has 2 aromatic carbocycles. The van der Waals surface area contributed by atoms with Crippen molar-refractivity contribution in [2.75, 3.05) is 25.7 Å². The number of fused-ring (bicyclic) bond motifs is 3. The van der Waals surface area contributed by atoms with Crippen LogP contribution in [0.2, 0.25) is 0 Å². The van der Waals surface area contributed by atoms with Gasteiger partial charge >= 0.3 is 7.60 Å². The highest BCUT2D eigenvalue weighted by Gasteiger charge is 2.35. The Morgan fingerprint density at radius 3 is 2.27 bits per heavy atom. The van der Waals surface area contributed by atoms with Crippen molar-refractivity contribution in [2.24, 2.45) is 0 Å². The lowest BCUT2D eigenvalue weighted by molar-refractivity contribution is 0.0778. The summed E-state index contributed by atoms with van der Waals surface area (Å²) in [6, 6.07) is 10.1. The average molecular weight is 527 g/mol. The third kappa shape index (κ3) is 4.54. The van der Waals surface area contributed by atoms with Gasteiger partial charge in [0.2, 0.25) is 25.1 Å². The molecule has 2 aliphatic heterocycles. The van der Waals surface area contributed by atoms with Gasteiger partial charge in [-0.25, -0.2) is 19.5 Å². The number of nitrogens with zero attached hydrogens (tertiary/aromatic N) is 4. The van der Waals surface area contributed by atoms with Gasteiger partial charge in [0.15, 0.2) is 40.8 Å². The molecule has 14 heteroatoms. The molecule has 0 fully saturated rings. The Hall–Kier alpha value is -4.22. The third-order valence-electron chi connectivity index (χ3n) is 5.60. The second-order valence-corrected chi connectivity index (χ2v) is 10.1. The summed E-state index contributed by atoms with van der Waals surface area (Å²) in [5.41, 5.74) is 6.93. The van der Waals surface area contributed by atoms with E-state index in [0.717, 1.165) is 0 Å². The van der Waals surface area contributed by atoms with E-state index in [0.29, 0.717) is 40.7 Å². The smallest absolute Gasteiger partial charge is 0.453 e. The molecule has 0 radical (unpaired) electrons. The molecule has 192 valence electrons. The van der Waals surface area contributed by atoms with Crippen molar-refractivity contribution in [1.29, 1.82) is 0 Å². The van der Waals surface area contributed by atoms with E-state index in [2.05, 4.69) is 15.0 Å². The number of hydrogen-bond acceptors (Lipinski definition) is 12. The van der Waals surface area contributed by atoms with E-state index in [1.54, 1.807) is 47.3 Å². The summed E-state index contributed by atoms with van der Waals surface area (Å²) in [5, 5.41) is 0. The number of imidazole rings is 1. The Labute approximate surface area is 210 Å². The zero-order valence-corrected chi connectivity index (χ0v) is 20.5. The zero-order chi connectivity index (χ0) is 25.4. The van der Waals surface area contributed by atoms with Crippen molar-refractivity contribution in [1.82, 2.24) is 19.5 Å². The van der Waals surface area contributed by atoms with Crippen LogP contribution in [0.3, 0.4) is 0 Å². The molecule has 37 heavy (non-hydrogen) atoms. The first-order chi connectivity index (χ1) is 18.0. The van der Waals surface area contributed by atoms with Crippen LogP contribution in [-0.2, 0) is 15.8 Å². The first-order valence-corrected chi connectivity index (χ1v) is 13.0. The van der Waals surface area contributed by atoms with E-state index < -0.39 is 13.7 Å². The van der Waals surface area contributed by atoms with Crippen LogP contribution in [0.5, 0.6) is 34.5 Å². The van der Waals surface area contributed by atoms with Crippen molar-refractivity contribution in [3.05, 3.63) is 49.1 Å². The van der Waals surface area contributed by atoms with E-state index in [4.69, 9.17) is 38.5 Å². The number of benzene rings is 2. The minimum atomic E-state index is -3.99. The van der Waals surface area contributed by atoms with E-state index >= 15 is 0 Å². The lowest BCUT2D eigenvalue weighted by Crippen LogP contribution is -2.19. The molecule has 4 aromatic rings. The number of aromatic nitrogens is 4. The molecule has 2 N–H and O–H groups in total. The summed E-state index contributed by atoms with van der Waals surface area (Å²) in [5.74, 6) is 2.30. The second kappa shape index (κ2) is 9.34. The molecule has 0 aliphatic carbocycles. The minimum absolute atomic E-state index is 0.0265. The predicted molar refractivity (Wildman–Crippen MR) is 129 cm³/mol. The summed E-state index contributed by atoms with van der Waals surface area (Å²) >= 11 is 0. The van der Waals surface area contributed by atoms with Gasteiger partial charge in [-0.2, -0.15) is 0 Å². The van der Waals surface area contributed by atoms with Gasteiger partial charge in [-0.15, -0.1) is 0 Å². The maximum Gasteiger partial charge on any atom is 0.456 e. The summed E-state index contributed by atoms with van der Waals surface area (Å²) < 4.78 is 55.5. The van der Waals surface area contributed by atoms with Crippen molar-refractivity contribution in [3.63, 3.8) is 0 Å². The molecule has 1 atom stereocenters. The van der Waals surface area contributed by atoms with Gasteiger partial charge in [-0.3, -0.25) is 0 Å². The molecule has 6 rings (SSSR count). The van der Waals surface area contributed by atoms with Gasteiger partial charge in [0.05, 0.1) is 19.0 Å². The summed E-state index contributed by atoms with van der Waals surface area (Å²) in [6.07, 6.45) is 2.15. The molecule has 0 spiro atoms. The van der Waals surface area contributed by atoms with Gasteiger partial charge in [0, 0.05) is 0 Å². The molecule has 2 aliphatic rings. The lowest BCUT2D eigenvalue weighted by atomic mass is 10.3. The SMILES string of the molecule is CC(Cn1cnc2c(N)ncnc21)OCP(=O)(Oc1cccc2c1OCO2)Oc1cccc2c1OCO2. The molecule has 0 saturated heterocycles. The fourth-order valence-corrected chi connectivity index (χ4v) is 5.37. The van der Waals surface area contributed by atoms with Gasteiger partial charge in [-0.1, -0.05) is 12.1 Å². The highest BCUT2D eigenvalue weighted by Crippen LogP contribution is 2.55. The van der Waals surface area contributed by atoms with Crippen molar-refractivity contribution in [2.45, 2.75) is 19.6 Å². The number of rotatable bonds is 9. The number of anilines is 1. The van der Waals surface area contributed by atoms with Crippen LogP contribution < -0.4 is 33.7 Å². The number of nitrogen functional groups attached to an aromatic ring is 1. The van der Waals surface area contributed by atoms with Gasteiger partial charge in [-0.05, 0) is 31.2 Å². The van der Waals surface area contributed by atoms with Crippen molar-refractivity contribution >= 4 is 24.6 Å². The van der Waals surface area contributed by atoms with Gasteiger partial charge in [0.25, 0.3) is 0 Å². The Bertz CT molecular complexity index is 1450. The molecule has 0 amide bonds. The quantitative estimate of drug-likeness (QED) is 0.317. The number of para-hydroxylation sites is 2. The largest absolute Gasteiger partial charge is 0.456 e. The van der Waals surface area contributed by atoms with E-state index in [9.17, 15) is 4.57 Å². The van der Waals surface area contributed by atoms with Crippen LogP contribution in [-0.4, -0.2) is 45.6 Å². The minimum Gasteiger partial charge on any atom is -0.453 e. The first-order valence-electron chi connectivity index (χ1n) is 11.3. The van der Waals surface area contributed by atoms with Gasteiger partial charge < -0.3 is 43.0 Å². The number of nitrogens with two attached hydrogens (primary N) is 1. The molecule has 1 unspecified atom stereocenters. The lowest BCUT2D eigenvalue weighted by Gasteiger charge is -2.23. The maximum atomic E-state index is 14.1. The maximum absolute atomic E-state index is 14.1. The van der Waals surface area contributed by atoms with Gasteiger partial charge in [0.1, 0.15) is 11.8 Å². The van der Waals surface area contributed by atoms with Crippen LogP contribution in [0.15, 0.2) is 49.1 Å². The molecular formula is C23H22N5O8P. The topological polar surface area (TPSA) is 151 Å². The zero-order valence-electron chi connectivity index (χ0n) is 19.6. The van der Waals surface area contributed by atoms with E-state index in [1.165, 1.54) is 6.33 Å².